The van der Waals surface area contributed by atoms with Gasteiger partial charge in [0.1, 0.15) is 5.01 Å². The summed E-state index contributed by atoms with van der Waals surface area (Å²) in [5.41, 5.74) is 8.93. The van der Waals surface area contributed by atoms with E-state index in [0.29, 0.717) is 6.54 Å². The van der Waals surface area contributed by atoms with E-state index >= 15 is 0 Å². The van der Waals surface area contributed by atoms with Crippen LogP contribution in [0.1, 0.15) is 5.69 Å². The Labute approximate surface area is 104 Å². The largest absolute Gasteiger partial charge is 0.351 e. The number of hydrogen-bond acceptors (Lipinski definition) is 3. The van der Waals surface area contributed by atoms with Crippen LogP contribution in [-0.2, 0) is 13.6 Å². The third-order valence-corrected chi connectivity index (χ3v) is 3.83. The zero-order valence-corrected chi connectivity index (χ0v) is 10.4. The summed E-state index contributed by atoms with van der Waals surface area (Å²) in [5.74, 6) is 0. The summed E-state index contributed by atoms with van der Waals surface area (Å²) in [6.07, 6.45) is 2.07. The first-order valence-electron chi connectivity index (χ1n) is 5.48. The molecule has 3 aromatic rings. The van der Waals surface area contributed by atoms with Crippen LogP contribution in [0.3, 0.4) is 0 Å². The van der Waals surface area contributed by atoms with Gasteiger partial charge in [-0.05, 0) is 24.3 Å². The summed E-state index contributed by atoms with van der Waals surface area (Å²) in [6.45, 7) is 0.504. The highest BCUT2D eigenvalue weighted by atomic mass is 32.1. The second-order valence-electron chi connectivity index (χ2n) is 4.05. The number of nitrogens with two attached hydrogens (primary N) is 1. The SMILES string of the molecule is Cn1ccc2cc(-c3nc(CN)cs3)ccc21. The van der Waals surface area contributed by atoms with E-state index in [4.69, 9.17) is 5.73 Å². The van der Waals surface area contributed by atoms with Gasteiger partial charge in [-0.2, -0.15) is 0 Å². The van der Waals surface area contributed by atoms with Gasteiger partial charge in [-0.25, -0.2) is 4.98 Å². The van der Waals surface area contributed by atoms with E-state index in [1.54, 1.807) is 11.3 Å². The third-order valence-electron chi connectivity index (χ3n) is 2.89. The molecule has 0 unspecified atom stereocenters. The molecule has 1 aromatic carbocycles. The minimum Gasteiger partial charge on any atom is -0.351 e. The minimum absolute atomic E-state index is 0.504. The first-order valence-corrected chi connectivity index (χ1v) is 6.36. The normalized spacial score (nSPS) is 11.2. The minimum atomic E-state index is 0.504. The lowest BCUT2D eigenvalue weighted by molar-refractivity contribution is 0.969. The Morgan fingerprint density at radius 1 is 1.35 bits per heavy atom. The number of aryl methyl sites for hydroxylation is 1. The molecule has 4 heteroatoms. The molecule has 0 aliphatic rings. The molecule has 0 amide bonds. The number of fused-ring (bicyclic) bond motifs is 1. The van der Waals surface area contributed by atoms with Crippen molar-refractivity contribution in [3.8, 4) is 10.6 Å². The summed E-state index contributed by atoms with van der Waals surface area (Å²) < 4.78 is 2.12. The van der Waals surface area contributed by atoms with Crippen molar-refractivity contribution in [1.82, 2.24) is 9.55 Å². The van der Waals surface area contributed by atoms with E-state index < -0.39 is 0 Å². The Kier molecular flexibility index (Phi) is 2.46. The van der Waals surface area contributed by atoms with Crippen molar-refractivity contribution in [2.45, 2.75) is 6.54 Å². The monoisotopic (exact) mass is 243 g/mol. The molecule has 0 atom stereocenters. The molecule has 3 rings (SSSR count). The Bertz CT molecular complexity index is 666. The van der Waals surface area contributed by atoms with Crippen LogP contribution in [0.4, 0.5) is 0 Å². The van der Waals surface area contributed by atoms with Gasteiger partial charge in [0.25, 0.3) is 0 Å². The molecule has 0 radical (unpaired) electrons. The van der Waals surface area contributed by atoms with E-state index in [2.05, 4.69) is 47.1 Å². The van der Waals surface area contributed by atoms with Crippen LogP contribution in [0.25, 0.3) is 21.5 Å². The smallest absolute Gasteiger partial charge is 0.123 e. The highest BCUT2D eigenvalue weighted by molar-refractivity contribution is 7.13. The van der Waals surface area contributed by atoms with Crippen LogP contribution in [0, 0.1) is 0 Å². The fourth-order valence-electron chi connectivity index (χ4n) is 1.95. The van der Waals surface area contributed by atoms with Gasteiger partial charge in [-0.1, -0.05) is 0 Å². The summed E-state index contributed by atoms with van der Waals surface area (Å²) in [7, 11) is 2.05. The van der Waals surface area contributed by atoms with Crippen LogP contribution in [0.15, 0.2) is 35.8 Å². The molecule has 17 heavy (non-hydrogen) atoms. The second-order valence-corrected chi connectivity index (χ2v) is 4.91. The predicted molar refractivity (Wildman–Crippen MR) is 71.9 cm³/mol. The molecule has 0 saturated carbocycles. The number of rotatable bonds is 2. The highest BCUT2D eigenvalue weighted by Gasteiger charge is 2.05. The van der Waals surface area contributed by atoms with Gasteiger partial charge in [0.15, 0.2) is 0 Å². The fourth-order valence-corrected chi connectivity index (χ4v) is 2.78. The lowest BCUT2D eigenvalue weighted by Crippen LogP contribution is -1.95. The Morgan fingerprint density at radius 3 is 3.00 bits per heavy atom. The molecule has 2 heterocycles. The van der Waals surface area contributed by atoms with E-state index in [1.165, 1.54) is 10.9 Å². The molecule has 2 N–H and O–H groups in total. The van der Waals surface area contributed by atoms with Crippen LogP contribution in [-0.4, -0.2) is 9.55 Å². The van der Waals surface area contributed by atoms with Crippen molar-refractivity contribution in [1.29, 1.82) is 0 Å². The molecular formula is C13H13N3S. The van der Waals surface area contributed by atoms with Crippen LogP contribution in [0.5, 0.6) is 0 Å². The van der Waals surface area contributed by atoms with Gasteiger partial charge in [-0.3, -0.25) is 0 Å². The van der Waals surface area contributed by atoms with Gasteiger partial charge in [0, 0.05) is 41.6 Å². The summed E-state index contributed by atoms with van der Waals surface area (Å²) >= 11 is 1.64. The zero-order chi connectivity index (χ0) is 11.8. The Hall–Kier alpha value is -1.65. The third kappa shape index (κ3) is 1.75. The standard InChI is InChI=1S/C13H13N3S/c1-16-5-4-9-6-10(2-3-12(9)16)13-15-11(7-14)8-17-13/h2-6,8H,7,14H2,1H3. The second kappa shape index (κ2) is 3.98. The molecule has 2 aromatic heterocycles. The first-order chi connectivity index (χ1) is 8.28. The molecule has 86 valence electrons. The van der Waals surface area contributed by atoms with Crippen LogP contribution in [0.2, 0.25) is 0 Å². The highest BCUT2D eigenvalue weighted by Crippen LogP contribution is 2.27. The van der Waals surface area contributed by atoms with Crippen molar-refractivity contribution >= 4 is 22.2 Å². The van der Waals surface area contributed by atoms with Crippen molar-refractivity contribution in [2.24, 2.45) is 12.8 Å². The topological polar surface area (TPSA) is 43.8 Å². The Morgan fingerprint density at radius 2 is 2.24 bits per heavy atom. The number of aromatic nitrogens is 2. The molecule has 0 bridgehead atoms. The van der Waals surface area contributed by atoms with Crippen molar-refractivity contribution in [3.63, 3.8) is 0 Å². The molecule has 3 nitrogen and oxygen atoms in total. The van der Waals surface area contributed by atoms with Crippen molar-refractivity contribution < 1.29 is 0 Å². The molecule has 0 aliphatic heterocycles. The van der Waals surface area contributed by atoms with Gasteiger partial charge >= 0.3 is 0 Å². The van der Waals surface area contributed by atoms with Gasteiger partial charge in [0.05, 0.1) is 5.69 Å². The van der Waals surface area contributed by atoms with Crippen LogP contribution >= 0.6 is 11.3 Å². The number of thiazole rings is 1. The molecule has 0 spiro atoms. The van der Waals surface area contributed by atoms with E-state index in [1.807, 2.05) is 5.38 Å². The molecule has 0 aliphatic carbocycles. The predicted octanol–water partition coefficient (Wildman–Crippen LogP) is 2.76. The first kappa shape index (κ1) is 10.5. The Balaban J connectivity index is 2.11. The van der Waals surface area contributed by atoms with E-state index in [-0.39, 0.29) is 0 Å². The average molecular weight is 243 g/mol. The fraction of sp³-hybridized carbons (Fsp3) is 0.154. The number of nitrogens with zero attached hydrogens (tertiary/aromatic N) is 2. The van der Waals surface area contributed by atoms with Gasteiger partial charge < -0.3 is 10.3 Å². The average Bonchev–Trinajstić information content (AvgIpc) is 2.96. The molecule has 0 fully saturated rings. The summed E-state index contributed by atoms with van der Waals surface area (Å²) in [6, 6.07) is 8.54. The van der Waals surface area contributed by atoms with Gasteiger partial charge in [-0.15, -0.1) is 11.3 Å². The number of hydrogen-bond donors (Lipinski definition) is 1. The van der Waals surface area contributed by atoms with E-state index in [9.17, 15) is 0 Å². The zero-order valence-electron chi connectivity index (χ0n) is 9.55. The van der Waals surface area contributed by atoms with E-state index in [0.717, 1.165) is 16.3 Å². The molecular weight excluding hydrogens is 230 g/mol. The van der Waals surface area contributed by atoms with Crippen LogP contribution < -0.4 is 5.73 Å². The van der Waals surface area contributed by atoms with Crippen molar-refractivity contribution in [2.75, 3.05) is 0 Å². The van der Waals surface area contributed by atoms with Gasteiger partial charge in [0.2, 0.25) is 0 Å². The maximum absolute atomic E-state index is 5.58. The summed E-state index contributed by atoms with van der Waals surface area (Å²) in [5, 5.41) is 4.30. The maximum atomic E-state index is 5.58. The quantitative estimate of drug-likeness (QED) is 0.752. The van der Waals surface area contributed by atoms with Crippen molar-refractivity contribution in [3.05, 3.63) is 41.5 Å². The molecule has 0 saturated heterocycles. The maximum Gasteiger partial charge on any atom is 0.123 e. The summed E-state index contributed by atoms with van der Waals surface area (Å²) in [4.78, 5) is 4.50. The lowest BCUT2D eigenvalue weighted by atomic mass is 10.1. The number of benzene rings is 1. The lowest BCUT2D eigenvalue weighted by Gasteiger charge is -1.99.